The first kappa shape index (κ1) is 16.3. The van der Waals surface area contributed by atoms with Gasteiger partial charge in [0.25, 0.3) is 0 Å². The van der Waals surface area contributed by atoms with Gasteiger partial charge >= 0.3 is 0 Å². The molecule has 3 nitrogen and oxygen atoms in total. The molecule has 21 heavy (non-hydrogen) atoms. The fraction of sp³-hybridized carbons (Fsp3) is 0.667. The number of hydrogen-bond acceptors (Lipinski definition) is 3. The van der Waals surface area contributed by atoms with Gasteiger partial charge in [-0.05, 0) is 44.3 Å². The first-order valence-electron chi connectivity index (χ1n) is 8.47. The van der Waals surface area contributed by atoms with Gasteiger partial charge < -0.3 is 10.1 Å². The van der Waals surface area contributed by atoms with Crippen LogP contribution >= 0.6 is 0 Å². The smallest absolute Gasteiger partial charge is 0.123 e. The Morgan fingerprint density at radius 1 is 1.24 bits per heavy atom. The molecular formula is C18H30N2O. The molecule has 1 fully saturated rings. The molecule has 1 saturated carbocycles. The summed E-state index contributed by atoms with van der Waals surface area (Å²) in [6.07, 6.45) is 4.00. The van der Waals surface area contributed by atoms with E-state index in [4.69, 9.17) is 4.74 Å². The van der Waals surface area contributed by atoms with Crippen LogP contribution in [0, 0.1) is 5.92 Å². The Hall–Kier alpha value is -1.06. The number of nitrogens with zero attached hydrogens (tertiary/aromatic N) is 1. The van der Waals surface area contributed by atoms with Crippen molar-refractivity contribution in [2.45, 2.75) is 39.7 Å². The van der Waals surface area contributed by atoms with Gasteiger partial charge in [-0.2, -0.15) is 0 Å². The summed E-state index contributed by atoms with van der Waals surface area (Å²) in [5.41, 5.74) is 1.26. The van der Waals surface area contributed by atoms with Gasteiger partial charge in [0.1, 0.15) is 12.4 Å². The van der Waals surface area contributed by atoms with Gasteiger partial charge in [0.2, 0.25) is 0 Å². The quantitative estimate of drug-likeness (QED) is 0.633. The highest BCUT2D eigenvalue weighted by atomic mass is 16.5. The van der Waals surface area contributed by atoms with Crippen LogP contribution < -0.4 is 10.1 Å². The Morgan fingerprint density at radius 3 is 2.76 bits per heavy atom. The van der Waals surface area contributed by atoms with E-state index in [1.807, 2.05) is 0 Å². The van der Waals surface area contributed by atoms with Crippen molar-refractivity contribution >= 4 is 0 Å². The Kier molecular flexibility index (Phi) is 7.04. The number of ether oxygens (including phenoxy) is 1. The largest absolute Gasteiger partial charge is 0.492 e. The van der Waals surface area contributed by atoms with Crippen LogP contribution in [0.25, 0.3) is 0 Å². The predicted molar refractivity (Wildman–Crippen MR) is 88.8 cm³/mol. The van der Waals surface area contributed by atoms with E-state index in [1.165, 1.54) is 24.9 Å². The number of para-hydroxylation sites is 1. The monoisotopic (exact) mass is 290 g/mol. The zero-order chi connectivity index (χ0) is 14.9. The summed E-state index contributed by atoms with van der Waals surface area (Å²) in [4.78, 5) is 2.51. The Balaban J connectivity index is 1.75. The van der Waals surface area contributed by atoms with Crippen LogP contribution in [0.3, 0.4) is 0 Å². The number of hydrogen-bond donors (Lipinski definition) is 1. The van der Waals surface area contributed by atoms with Crippen LogP contribution in [0.5, 0.6) is 5.75 Å². The number of benzene rings is 1. The third-order valence-electron chi connectivity index (χ3n) is 4.04. The molecule has 0 radical (unpaired) electrons. The molecule has 2 rings (SSSR count). The fourth-order valence-corrected chi connectivity index (χ4v) is 2.52. The number of nitrogens with one attached hydrogen (secondary N) is 1. The molecule has 0 unspecified atom stereocenters. The first-order chi connectivity index (χ1) is 10.3. The zero-order valence-corrected chi connectivity index (χ0v) is 13.6. The Bertz CT molecular complexity index is 404. The lowest BCUT2D eigenvalue weighted by Crippen LogP contribution is -2.30. The van der Waals surface area contributed by atoms with Gasteiger partial charge in [-0.1, -0.05) is 32.0 Å². The lowest BCUT2D eigenvalue weighted by atomic mass is 10.2. The van der Waals surface area contributed by atoms with Gasteiger partial charge in [-0.15, -0.1) is 0 Å². The van der Waals surface area contributed by atoms with Crippen molar-refractivity contribution in [1.29, 1.82) is 0 Å². The summed E-state index contributed by atoms with van der Waals surface area (Å²) in [6.45, 7) is 10.6. The van der Waals surface area contributed by atoms with Crippen molar-refractivity contribution in [2.24, 2.45) is 5.92 Å². The molecule has 3 heteroatoms. The van der Waals surface area contributed by atoms with E-state index in [-0.39, 0.29) is 0 Å². The van der Waals surface area contributed by atoms with E-state index in [1.54, 1.807) is 0 Å². The lowest BCUT2D eigenvalue weighted by molar-refractivity contribution is 0.209. The molecule has 1 N–H and O–H groups in total. The summed E-state index contributed by atoms with van der Waals surface area (Å²) in [7, 11) is 0. The van der Waals surface area contributed by atoms with E-state index < -0.39 is 0 Å². The summed E-state index contributed by atoms with van der Waals surface area (Å²) >= 11 is 0. The fourth-order valence-electron chi connectivity index (χ4n) is 2.52. The summed E-state index contributed by atoms with van der Waals surface area (Å²) in [6, 6.07) is 8.38. The van der Waals surface area contributed by atoms with Crippen molar-refractivity contribution < 1.29 is 4.74 Å². The molecule has 1 aromatic carbocycles. The molecule has 1 aliphatic carbocycles. The molecule has 118 valence electrons. The average molecular weight is 290 g/mol. The zero-order valence-electron chi connectivity index (χ0n) is 13.6. The Labute approximate surface area is 129 Å². The minimum Gasteiger partial charge on any atom is -0.492 e. The number of rotatable bonds is 11. The van der Waals surface area contributed by atoms with Crippen molar-refractivity contribution in [3.8, 4) is 5.75 Å². The van der Waals surface area contributed by atoms with Gasteiger partial charge in [-0.25, -0.2) is 0 Å². The minimum absolute atomic E-state index is 0.783. The molecule has 1 aromatic rings. The second-order valence-corrected chi connectivity index (χ2v) is 5.97. The highest BCUT2D eigenvalue weighted by molar-refractivity contribution is 5.33. The second-order valence-electron chi connectivity index (χ2n) is 5.97. The van der Waals surface area contributed by atoms with Crippen LogP contribution in [-0.4, -0.2) is 37.7 Å². The maximum absolute atomic E-state index is 6.02. The van der Waals surface area contributed by atoms with Crippen LogP contribution in [0.1, 0.15) is 38.7 Å². The molecule has 0 spiro atoms. The maximum atomic E-state index is 6.02. The SMILES string of the molecule is CCCNCc1ccccc1OCCN(CC)CC1CC1. The normalized spacial score (nSPS) is 14.6. The molecule has 0 bridgehead atoms. The van der Waals surface area contributed by atoms with Crippen molar-refractivity contribution in [2.75, 3.05) is 32.8 Å². The average Bonchev–Trinajstić information content (AvgIpc) is 3.32. The van der Waals surface area contributed by atoms with E-state index in [9.17, 15) is 0 Å². The minimum atomic E-state index is 0.783. The molecule has 0 heterocycles. The predicted octanol–water partition coefficient (Wildman–Crippen LogP) is 3.30. The van der Waals surface area contributed by atoms with Crippen LogP contribution in [0.15, 0.2) is 24.3 Å². The second kappa shape index (κ2) is 9.06. The van der Waals surface area contributed by atoms with Gasteiger partial charge in [0, 0.05) is 25.2 Å². The van der Waals surface area contributed by atoms with E-state index in [0.29, 0.717) is 0 Å². The van der Waals surface area contributed by atoms with E-state index in [2.05, 4.69) is 48.3 Å². The number of likely N-dealkylation sites (N-methyl/N-ethyl adjacent to an activating group) is 1. The molecule has 1 aliphatic rings. The highest BCUT2D eigenvalue weighted by Gasteiger charge is 2.23. The molecule has 0 aromatic heterocycles. The van der Waals surface area contributed by atoms with Gasteiger partial charge in [0.05, 0.1) is 0 Å². The topological polar surface area (TPSA) is 24.5 Å². The molecule has 0 saturated heterocycles. The van der Waals surface area contributed by atoms with Gasteiger partial charge in [0.15, 0.2) is 0 Å². The van der Waals surface area contributed by atoms with E-state index in [0.717, 1.165) is 50.9 Å². The highest BCUT2D eigenvalue weighted by Crippen LogP contribution is 2.29. The molecule has 0 aliphatic heterocycles. The van der Waals surface area contributed by atoms with Crippen molar-refractivity contribution in [1.82, 2.24) is 10.2 Å². The first-order valence-corrected chi connectivity index (χ1v) is 8.47. The third-order valence-corrected chi connectivity index (χ3v) is 4.04. The van der Waals surface area contributed by atoms with Crippen LogP contribution in [-0.2, 0) is 6.54 Å². The maximum Gasteiger partial charge on any atom is 0.123 e. The summed E-state index contributed by atoms with van der Waals surface area (Å²) in [5, 5.41) is 3.45. The molecular weight excluding hydrogens is 260 g/mol. The van der Waals surface area contributed by atoms with Gasteiger partial charge in [-0.3, -0.25) is 4.90 Å². The standard InChI is InChI=1S/C18H30N2O/c1-3-11-19-14-17-7-5-6-8-18(17)21-13-12-20(4-2)15-16-9-10-16/h5-8,16,19H,3-4,9-15H2,1-2H3. The lowest BCUT2D eigenvalue weighted by Gasteiger charge is -2.20. The third kappa shape index (κ3) is 6.06. The van der Waals surface area contributed by atoms with Crippen molar-refractivity contribution in [3.05, 3.63) is 29.8 Å². The summed E-state index contributed by atoms with van der Waals surface area (Å²) in [5.74, 6) is 1.99. The molecule has 0 atom stereocenters. The van der Waals surface area contributed by atoms with E-state index >= 15 is 0 Å². The van der Waals surface area contributed by atoms with Crippen LogP contribution in [0.2, 0.25) is 0 Å². The van der Waals surface area contributed by atoms with Crippen LogP contribution in [0.4, 0.5) is 0 Å². The Morgan fingerprint density at radius 2 is 2.05 bits per heavy atom. The van der Waals surface area contributed by atoms with Crippen molar-refractivity contribution in [3.63, 3.8) is 0 Å². The summed E-state index contributed by atoms with van der Waals surface area (Å²) < 4.78 is 6.02. The molecule has 0 amide bonds.